The summed E-state index contributed by atoms with van der Waals surface area (Å²) in [6.07, 6.45) is 0.106. The number of ether oxygens (including phenoxy) is 1. The van der Waals surface area contributed by atoms with Crippen LogP contribution in [0.2, 0.25) is 0 Å². The molecule has 0 saturated carbocycles. The maximum atomic E-state index is 13.1. The Kier molecular flexibility index (Phi) is 4.79. The van der Waals surface area contributed by atoms with Crippen LogP contribution in [0.3, 0.4) is 0 Å². The summed E-state index contributed by atoms with van der Waals surface area (Å²) < 4.78 is 19.1. The van der Waals surface area contributed by atoms with Crippen molar-refractivity contribution in [2.45, 2.75) is 12.6 Å². The number of rotatable bonds is 3. The van der Waals surface area contributed by atoms with E-state index in [1.54, 1.807) is 0 Å². The number of nitrogens with zero attached hydrogens (tertiary/aromatic N) is 1. The molecule has 1 atom stereocenters. The molecule has 2 rings (SSSR count). The first-order chi connectivity index (χ1) is 8.19. The van der Waals surface area contributed by atoms with Crippen molar-refractivity contribution in [3.8, 4) is 0 Å². The fourth-order valence-corrected chi connectivity index (χ4v) is 2.53. The molecular weight excluding hydrogens is 308 g/mol. The summed E-state index contributed by atoms with van der Waals surface area (Å²) in [6.45, 7) is 3.23. The molecule has 5 heteroatoms. The predicted molar refractivity (Wildman–Crippen MR) is 69.8 cm³/mol. The lowest BCUT2D eigenvalue weighted by Gasteiger charge is -2.32. The summed E-state index contributed by atoms with van der Waals surface area (Å²) in [7, 11) is 0. The van der Waals surface area contributed by atoms with Crippen LogP contribution in [0.25, 0.3) is 0 Å². The molecule has 0 bridgehead atoms. The largest absolute Gasteiger partial charge is 0.374 e. The first kappa shape index (κ1) is 13.3. The van der Waals surface area contributed by atoms with Gasteiger partial charge in [0.1, 0.15) is 5.82 Å². The number of hydrogen-bond acceptors (Lipinski definition) is 2. The maximum absolute atomic E-state index is 13.1. The SMILES string of the molecule is Fc1ccc(CN2CCOC(CCl)C2)cc1Br. The second kappa shape index (κ2) is 6.14. The molecule has 0 radical (unpaired) electrons. The highest BCUT2D eigenvalue weighted by atomic mass is 79.9. The van der Waals surface area contributed by atoms with E-state index in [0.717, 1.165) is 25.2 Å². The van der Waals surface area contributed by atoms with Gasteiger partial charge in [-0.1, -0.05) is 6.07 Å². The van der Waals surface area contributed by atoms with Crippen LogP contribution in [0.4, 0.5) is 4.39 Å². The lowest BCUT2D eigenvalue weighted by Crippen LogP contribution is -2.42. The summed E-state index contributed by atoms with van der Waals surface area (Å²) in [5.74, 6) is 0.290. The Bertz CT molecular complexity index is 391. The van der Waals surface area contributed by atoms with Crippen LogP contribution in [0.5, 0.6) is 0 Å². The Morgan fingerprint density at radius 3 is 3.06 bits per heavy atom. The van der Waals surface area contributed by atoms with Gasteiger partial charge < -0.3 is 4.74 Å². The lowest BCUT2D eigenvalue weighted by molar-refractivity contribution is -0.0194. The summed E-state index contributed by atoms with van der Waals surface area (Å²) in [4.78, 5) is 2.27. The van der Waals surface area contributed by atoms with Gasteiger partial charge in [0.2, 0.25) is 0 Å². The van der Waals surface area contributed by atoms with Gasteiger partial charge in [-0.3, -0.25) is 4.90 Å². The van der Waals surface area contributed by atoms with E-state index < -0.39 is 0 Å². The second-order valence-electron chi connectivity index (χ2n) is 4.13. The molecule has 0 aromatic heterocycles. The fourth-order valence-electron chi connectivity index (χ4n) is 1.91. The van der Waals surface area contributed by atoms with Gasteiger partial charge in [-0.25, -0.2) is 4.39 Å². The molecule has 0 aliphatic carbocycles. The molecule has 17 heavy (non-hydrogen) atoms. The first-order valence-corrected chi connectivity index (χ1v) is 6.85. The minimum Gasteiger partial charge on any atom is -0.374 e. The van der Waals surface area contributed by atoms with Gasteiger partial charge in [0, 0.05) is 25.5 Å². The Hall–Kier alpha value is -0.160. The van der Waals surface area contributed by atoms with Crippen molar-refractivity contribution in [3.05, 3.63) is 34.1 Å². The van der Waals surface area contributed by atoms with E-state index in [1.807, 2.05) is 12.1 Å². The summed E-state index contributed by atoms with van der Waals surface area (Å²) in [5, 5.41) is 0. The van der Waals surface area contributed by atoms with Crippen LogP contribution in [0.15, 0.2) is 22.7 Å². The molecular formula is C12H14BrClFNO. The van der Waals surface area contributed by atoms with Crippen molar-refractivity contribution in [1.29, 1.82) is 0 Å². The van der Waals surface area contributed by atoms with Crippen molar-refractivity contribution in [2.24, 2.45) is 0 Å². The van der Waals surface area contributed by atoms with E-state index >= 15 is 0 Å². The van der Waals surface area contributed by atoms with Crippen LogP contribution in [-0.4, -0.2) is 36.6 Å². The Balaban J connectivity index is 1.97. The molecule has 0 N–H and O–H groups in total. The highest BCUT2D eigenvalue weighted by Crippen LogP contribution is 2.19. The van der Waals surface area contributed by atoms with Gasteiger partial charge in [-0.05, 0) is 33.6 Å². The Labute approximate surface area is 114 Å². The number of hydrogen-bond donors (Lipinski definition) is 0. The first-order valence-electron chi connectivity index (χ1n) is 5.53. The normalized spacial score (nSPS) is 21.7. The van der Waals surface area contributed by atoms with E-state index in [1.165, 1.54) is 6.07 Å². The lowest BCUT2D eigenvalue weighted by atomic mass is 10.2. The number of benzene rings is 1. The van der Waals surface area contributed by atoms with E-state index in [9.17, 15) is 4.39 Å². The summed E-state index contributed by atoms with van der Waals surface area (Å²) in [5.41, 5.74) is 1.09. The fraction of sp³-hybridized carbons (Fsp3) is 0.500. The third kappa shape index (κ3) is 3.65. The number of alkyl halides is 1. The van der Waals surface area contributed by atoms with Crippen molar-refractivity contribution < 1.29 is 9.13 Å². The molecule has 0 spiro atoms. The second-order valence-corrected chi connectivity index (χ2v) is 5.29. The molecule has 0 amide bonds. The third-order valence-corrected chi connectivity index (χ3v) is 3.74. The number of morpholine rings is 1. The van der Waals surface area contributed by atoms with Gasteiger partial charge in [0.05, 0.1) is 17.2 Å². The zero-order valence-electron chi connectivity index (χ0n) is 9.33. The van der Waals surface area contributed by atoms with Gasteiger partial charge >= 0.3 is 0 Å². The molecule has 1 aliphatic heterocycles. The van der Waals surface area contributed by atoms with Gasteiger partial charge in [-0.2, -0.15) is 0 Å². The van der Waals surface area contributed by atoms with Crippen LogP contribution >= 0.6 is 27.5 Å². The molecule has 1 aromatic rings. The maximum Gasteiger partial charge on any atom is 0.137 e. The highest BCUT2D eigenvalue weighted by molar-refractivity contribution is 9.10. The van der Waals surface area contributed by atoms with Gasteiger partial charge in [0.25, 0.3) is 0 Å². The third-order valence-electron chi connectivity index (χ3n) is 2.79. The smallest absolute Gasteiger partial charge is 0.137 e. The van der Waals surface area contributed by atoms with E-state index in [2.05, 4.69) is 20.8 Å². The van der Waals surface area contributed by atoms with Crippen LogP contribution in [-0.2, 0) is 11.3 Å². The van der Waals surface area contributed by atoms with Crippen molar-refractivity contribution >= 4 is 27.5 Å². The average molecular weight is 323 g/mol. The molecule has 1 fully saturated rings. The zero-order chi connectivity index (χ0) is 12.3. The number of halogens is 3. The van der Waals surface area contributed by atoms with E-state index in [0.29, 0.717) is 17.0 Å². The van der Waals surface area contributed by atoms with Crippen LogP contribution < -0.4 is 0 Å². The van der Waals surface area contributed by atoms with Crippen LogP contribution in [0.1, 0.15) is 5.56 Å². The Morgan fingerprint density at radius 2 is 2.35 bits per heavy atom. The minimum atomic E-state index is -0.227. The Morgan fingerprint density at radius 1 is 1.53 bits per heavy atom. The molecule has 94 valence electrons. The predicted octanol–water partition coefficient (Wildman–Crippen LogP) is 3.03. The van der Waals surface area contributed by atoms with Crippen molar-refractivity contribution in [3.63, 3.8) is 0 Å². The summed E-state index contributed by atoms with van der Waals surface area (Å²) >= 11 is 8.98. The van der Waals surface area contributed by atoms with Crippen molar-refractivity contribution in [2.75, 3.05) is 25.6 Å². The van der Waals surface area contributed by atoms with Gasteiger partial charge in [-0.15, -0.1) is 11.6 Å². The molecule has 1 heterocycles. The highest BCUT2D eigenvalue weighted by Gasteiger charge is 2.19. The molecule has 1 saturated heterocycles. The van der Waals surface area contributed by atoms with E-state index in [-0.39, 0.29) is 11.9 Å². The van der Waals surface area contributed by atoms with E-state index in [4.69, 9.17) is 16.3 Å². The molecule has 2 nitrogen and oxygen atoms in total. The minimum absolute atomic E-state index is 0.106. The molecule has 1 unspecified atom stereocenters. The van der Waals surface area contributed by atoms with Gasteiger partial charge in [0.15, 0.2) is 0 Å². The standard InChI is InChI=1S/C12H14BrClFNO/c13-11-5-9(1-2-12(11)15)7-16-3-4-17-10(6-14)8-16/h1-2,5,10H,3-4,6-8H2. The zero-order valence-corrected chi connectivity index (χ0v) is 11.7. The topological polar surface area (TPSA) is 12.5 Å². The quantitative estimate of drug-likeness (QED) is 0.793. The van der Waals surface area contributed by atoms with Crippen molar-refractivity contribution in [1.82, 2.24) is 4.90 Å². The average Bonchev–Trinajstić information content (AvgIpc) is 2.34. The molecule has 1 aliphatic rings. The monoisotopic (exact) mass is 321 g/mol. The molecule has 1 aromatic carbocycles. The summed E-state index contributed by atoms with van der Waals surface area (Å²) in [6, 6.07) is 5.12. The van der Waals surface area contributed by atoms with Crippen LogP contribution in [0, 0.1) is 5.82 Å².